The van der Waals surface area contributed by atoms with Crippen molar-refractivity contribution >= 4 is 23.9 Å². The SMILES string of the molecule is NC(CC(=O)[O-])(CC(=O)[O-])C(N)(CC(=O)[O-])CC(=O)[O-].[Fe+3].[Na+]. The largest absolute Gasteiger partial charge is 3.00 e. The molecule has 0 amide bonds. The summed E-state index contributed by atoms with van der Waals surface area (Å²) in [6, 6.07) is 0. The van der Waals surface area contributed by atoms with E-state index in [-0.39, 0.29) is 46.6 Å². The van der Waals surface area contributed by atoms with Gasteiger partial charge in [0.05, 0.1) is 0 Å². The van der Waals surface area contributed by atoms with Crippen LogP contribution in [0.3, 0.4) is 0 Å². The van der Waals surface area contributed by atoms with Crippen molar-refractivity contribution in [3.05, 3.63) is 0 Å². The van der Waals surface area contributed by atoms with Crippen molar-refractivity contribution in [2.24, 2.45) is 11.5 Å². The van der Waals surface area contributed by atoms with Crippen LogP contribution < -0.4 is 61.5 Å². The predicted octanol–water partition coefficient (Wildman–Crippen LogP) is -10.1. The third-order valence-corrected chi connectivity index (χ3v) is 2.83. The smallest absolute Gasteiger partial charge is 0.550 e. The molecule has 0 aliphatic rings. The van der Waals surface area contributed by atoms with Gasteiger partial charge in [-0.3, -0.25) is 0 Å². The van der Waals surface area contributed by atoms with Gasteiger partial charge in [0.2, 0.25) is 0 Å². The van der Waals surface area contributed by atoms with Crippen molar-refractivity contribution < 1.29 is 86.2 Å². The van der Waals surface area contributed by atoms with Gasteiger partial charge in [-0.25, -0.2) is 0 Å². The summed E-state index contributed by atoms with van der Waals surface area (Å²) in [6.45, 7) is 0. The van der Waals surface area contributed by atoms with Crippen molar-refractivity contribution in [1.29, 1.82) is 0 Å². The van der Waals surface area contributed by atoms with Crippen molar-refractivity contribution in [2.75, 3.05) is 0 Å². The molecule has 22 heavy (non-hydrogen) atoms. The molecule has 0 atom stereocenters. The summed E-state index contributed by atoms with van der Waals surface area (Å²) in [5, 5.41) is 42.5. The number of carbonyl (C=O) groups excluding carboxylic acids is 4. The number of aliphatic carboxylic acids is 4. The molecule has 0 bridgehead atoms. The molecule has 0 aliphatic heterocycles. The number of rotatable bonds is 9. The van der Waals surface area contributed by atoms with Gasteiger partial charge in [-0.15, -0.1) is 0 Å². The van der Waals surface area contributed by atoms with E-state index < -0.39 is 60.6 Å². The van der Waals surface area contributed by atoms with E-state index in [0.717, 1.165) is 0 Å². The Labute approximate surface area is 158 Å². The Kier molecular flexibility index (Phi) is 12.1. The molecule has 1 radical (unpaired) electrons. The molecule has 119 valence electrons. The molecule has 0 rings (SSSR count). The van der Waals surface area contributed by atoms with E-state index in [1.807, 2.05) is 0 Å². The molecule has 0 unspecified atom stereocenters. The van der Waals surface area contributed by atoms with Crippen LogP contribution in [0.5, 0.6) is 0 Å². The number of carboxylic acid groups (broad SMARTS) is 4. The first-order chi connectivity index (χ1) is 8.92. The Morgan fingerprint density at radius 2 is 0.773 bits per heavy atom. The van der Waals surface area contributed by atoms with Crippen molar-refractivity contribution in [1.82, 2.24) is 0 Å². The molecular weight excluding hydrogens is 355 g/mol. The minimum atomic E-state index is -2.43. The molecule has 0 fully saturated rings. The van der Waals surface area contributed by atoms with Crippen molar-refractivity contribution in [3.8, 4) is 0 Å². The Morgan fingerprint density at radius 1 is 0.636 bits per heavy atom. The maximum atomic E-state index is 10.6. The molecule has 0 aromatic rings. The van der Waals surface area contributed by atoms with E-state index in [9.17, 15) is 39.6 Å². The summed E-state index contributed by atoms with van der Waals surface area (Å²) >= 11 is 0. The average Bonchev–Trinajstić information content (AvgIpc) is 2.10. The van der Waals surface area contributed by atoms with Crippen LogP contribution in [-0.2, 0) is 36.2 Å². The van der Waals surface area contributed by atoms with Crippen LogP contribution in [0.2, 0.25) is 0 Å². The zero-order valence-corrected chi connectivity index (χ0v) is 14.7. The number of carboxylic acids is 4. The van der Waals surface area contributed by atoms with Gasteiger partial charge in [-0.1, -0.05) is 0 Å². The summed E-state index contributed by atoms with van der Waals surface area (Å²) < 4.78 is 0. The molecule has 0 spiro atoms. The van der Waals surface area contributed by atoms with Gasteiger partial charge < -0.3 is 51.1 Å². The maximum absolute atomic E-state index is 10.6. The normalized spacial score (nSPS) is 10.8. The number of nitrogens with two attached hydrogens (primary N) is 2. The van der Waals surface area contributed by atoms with E-state index in [2.05, 4.69) is 0 Å². The number of carbonyl (C=O) groups is 4. The third-order valence-electron chi connectivity index (χ3n) is 2.83. The van der Waals surface area contributed by atoms with Crippen LogP contribution in [-0.4, -0.2) is 35.0 Å². The Balaban J connectivity index is -0.00000180. The summed E-state index contributed by atoms with van der Waals surface area (Å²) in [5.74, 6) is -7.33. The first-order valence-electron chi connectivity index (χ1n) is 5.29. The molecule has 0 saturated carbocycles. The van der Waals surface area contributed by atoms with E-state index in [0.29, 0.717) is 0 Å². The van der Waals surface area contributed by atoms with E-state index in [1.165, 1.54) is 0 Å². The van der Waals surface area contributed by atoms with Gasteiger partial charge in [0, 0.05) is 60.6 Å². The van der Waals surface area contributed by atoms with Crippen LogP contribution in [0.1, 0.15) is 25.7 Å². The summed E-state index contributed by atoms with van der Waals surface area (Å²) in [7, 11) is 0. The molecule has 0 aromatic heterocycles. The van der Waals surface area contributed by atoms with E-state index in [1.54, 1.807) is 0 Å². The van der Waals surface area contributed by atoms with Crippen LogP contribution in [0.4, 0.5) is 0 Å². The first kappa shape index (κ1) is 26.2. The summed E-state index contributed by atoms with van der Waals surface area (Å²) in [4.78, 5) is 42.5. The molecule has 0 heterocycles. The zero-order chi connectivity index (χ0) is 16.1. The van der Waals surface area contributed by atoms with Crippen molar-refractivity contribution in [2.45, 2.75) is 36.8 Å². The fraction of sp³-hybridized carbons (Fsp3) is 0.600. The topological polar surface area (TPSA) is 213 Å². The Morgan fingerprint density at radius 3 is 0.864 bits per heavy atom. The average molecular weight is 367 g/mol. The van der Waals surface area contributed by atoms with Gasteiger partial charge in [-0.05, 0) is 0 Å². The molecule has 4 N–H and O–H groups in total. The standard InChI is InChI=1S/C10H16N2O8.Fe.Na/c11-9(1-5(13)14,2-6(15)16)10(12,3-7(17)18)4-8(19)20;;/h1-4,11-12H2,(H,13,14)(H,15,16)(H,17,18)(H,19,20);;/q;+3;+1/p-4. The number of hydrogen-bond donors (Lipinski definition) is 2. The summed E-state index contributed by atoms with van der Waals surface area (Å²) in [5.41, 5.74) is 6.20. The molecule has 0 aromatic carbocycles. The second-order valence-corrected chi connectivity index (χ2v) is 4.51. The fourth-order valence-corrected chi connectivity index (χ4v) is 1.86. The maximum Gasteiger partial charge on any atom is 3.00 e. The minimum absolute atomic E-state index is 0. The second-order valence-electron chi connectivity index (χ2n) is 4.51. The monoisotopic (exact) mass is 367 g/mol. The van der Waals surface area contributed by atoms with Gasteiger partial charge in [0.25, 0.3) is 0 Å². The van der Waals surface area contributed by atoms with Gasteiger partial charge in [0.1, 0.15) is 0 Å². The van der Waals surface area contributed by atoms with Crippen LogP contribution in [0.25, 0.3) is 0 Å². The molecule has 12 heteroatoms. The van der Waals surface area contributed by atoms with Crippen LogP contribution in [0.15, 0.2) is 0 Å². The Bertz CT molecular complexity index is 373. The minimum Gasteiger partial charge on any atom is -0.550 e. The zero-order valence-electron chi connectivity index (χ0n) is 11.6. The predicted molar refractivity (Wildman–Crippen MR) is 52.3 cm³/mol. The molecule has 0 saturated heterocycles. The molecule has 0 aliphatic carbocycles. The van der Waals surface area contributed by atoms with Gasteiger partial charge >= 0.3 is 46.6 Å². The van der Waals surface area contributed by atoms with Crippen LogP contribution in [0, 0.1) is 0 Å². The van der Waals surface area contributed by atoms with Crippen LogP contribution >= 0.6 is 0 Å². The Hall–Kier alpha value is -0.681. The molecular formula is C10H12FeN2NaO8. The molecule has 10 nitrogen and oxygen atoms in total. The number of hydrogen-bond acceptors (Lipinski definition) is 10. The van der Waals surface area contributed by atoms with Crippen molar-refractivity contribution in [3.63, 3.8) is 0 Å². The quantitative estimate of drug-likeness (QED) is 0.367. The van der Waals surface area contributed by atoms with E-state index >= 15 is 0 Å². The van der Waals surface area contributed by atoms with Gasteiger partial charge in [0.15, 0.2) is 0 Å². The third kappa shape index (κ3) is 8.08. The van der Waals surface area contributed by atoms with Gasteiger partial charge in [-0.2, -0.15) is 0 Å². The van der Waals surface area contributed by atoms with E-state index in [4.69, 9.17) is 11.5 Å². The first-order valence-corrected chi connectivity index (χ1v) is 5.29. The summed E-state index contributed by atoms with van der Waals surface area (Å²) in [6.07, 6.45) is -4.73. The fourth-order valence-electron chi connectivity index (χ4n) is 1.86. The second kappa shape index (κ2) is 10.2.